The molecule has 0 saturated heterocycles. The molecule has 0 amide bonds. The van der Waals surface area contributed by atoms with Crippen LogP contribution in [0.25, 0.3) is 0 Å². The molecule has 0 fully saturated rings. The lowest BCUT2D eigenvalue weighted by atomic mass is 9.75. The van der Waals surface area contributed by atoms with E-state index in [4.69, 9.17) is 0 Å². The van der Waals surface area contributed by atoms with Crippen LogP contribution in [0.3, 0.4) is 0 Å². The van der Waals surface area contributed by atoms with Crippen LogP contribution in [0.15, 0.2) is 6.07 Å². The van der Waals surface area contributed by atoms with Crippen molar-refractivity contribution in [3.05, 3.63) is 28.8 Å². The summed E-state index contributed by atoms with van der Waals surface area (Å²) in [6.07, 6.45) is 1.38. The van der Waals surface area contributed by atoms with Gasteiger partial charge in [0.05, 0.1) is 12.1 Å². The van der Waals surface area contributed by atoms with Crippen LogP contribution in [0.4, 0.5) is 0 Å². The minimum atomic E-state index is -0.383. The molecule has 2 unspecified atom stereocenters. The topological polar surface area (TPSA) is 79.6 Å². The average Bonchev–Trinajstić information content (AvgIpc) is 2.94. The van der Waals surface area contributed by atoms with Gasteiger partial charge < -0.3 is 9.67 Å². The second-order valence-electron chi connectivity index (χ2n) is 6.56. The Kier molecular flexibility index (Phi) is 2.93. The maximum Gasteiger partial charge on any atom is 0.196 e. The minimum absolute atomic E-state index is 0.0126. The zero-order chi connectivity index (χ0) is 14.5. The van der Waals surface area contributed by atoms with E-state index in [2.05, 4.69) is 59.0 Å². The van der Waals surface area contributed by atoms with E-state index in [9.17, 15) is 5.11 Å². The van der Waals surface area contributed by atoms with Crippen molar-refractivity contribution in [3.63, 3.8) is 0 Å². The van der Waals surface area contributed by atoms with Crippen molar-refractivity contribution < 1.29 is 5.11 Å². The molecule has 2 atom stereocenters. The smallest absolute Gasteiger partial charge is 0.196 e. The maximum absolute atomic E-state index is 10.4. The second kappa shape index (κ2) is 4.41. The van der Waals surface area contributed by atoms with E-state index >= 15 is 0 Å². The van der Waals surface area contributed by atoms with Crippen LogP contribution in [0.5, 0.6) is 0 Å². The van der Waals surface area contributed by atoms with Gasteiger partial charge in [0.1, 0.15) is 0 Å². The molecule has 108 valence electrons. The lowest BCUT2D eigenvalue weighted by Crippen LogP contribution is -2.28. The molecule has 2 aromatic heterocycles. The molecule has 2 heterocycles. The Morgan fingerprint density at radius 2 is 2.25 bits per heavy atom. The third kappa shape index (κ3) is 2.04. The van der Waals surface area contributed by atoms with Crippen molar-refractivity contribution in [1.82, 2.24) is 25.2 Å². The lowest BCUT2D eigenvalue weighted by molar-refractivity contribution is 0.0977. The predicted molar refractivity (Wildman–Crippen MR) is 74.2 cm³/mol. The molecule has 0 bridgehead atoms. The molecular weight excluding hydrogens is 254 g/mol. The fraction of sp³-hybridized carbons (Fsp3) is 0.643. The highest BCUT2D eigenvalue weighted by molar-refractivity contribution is 5.34. The number of aliphatic hydroxyl groups is 1. The number of fused-ring (bicyclic) bond motifs is 1. The highest BCUT2D eigenvalue weighted by atomic mass is 16.3. The number of hydrogen-bond acceptors (Lipinski definition) is 4. The van der Waals surface area contributed by atoms with Crippen LogP contribution in [0.2, 0.25) is 0 Å². The quantitative estimate of drug-likeness (QED) is 0.877. The fourth-order valence-electron chi connectivity index (χ4n) is 3.37. The average molecular weight is 275 g/mol. The van der Waals surface area contributed by atoms with Crippen molar-refractivity contribution in [2.24, 2.45) is 5.41 Å². The number of nitrogens with one attached hydrogen (secondary N) is 1. The van der Waals surface area contributed by atoms with Crippen molar-refractivity contribution in [1.29, 1.82) is 0 Å². The van der Waals surface area contributed by atoms with Gasteiger partial charge in [-0.15, -0.1) is 10.2 Å². The van der Waals surface area contributed by atoms with Gasteiger partial charge in [-0.25, -0.2) is 0 Å². The number of aromatic amines is 1. The van der Waals surface area contributed by atoms with Crippen molar-refractivity contribution in [2.75, 3.05) is 0 Å². The highest BCUT2D eigenvalue weighted by Crippen LogP contribution is 2.43. The maximum atomic E-state index is 10.4. The molecule has 1 aliphatic rings. The molecule has 0 aliphatic heterocycles. The zero-order valence-electron chi connectivity index (χ0n) is 12.4. The molecule has 0 saturated carbocycles. The largest absolute Gasteiger partial charge is 0.388 e. The van der Waals surface area contributed by atoms with Gasteiger partial charge >= 0.3 is 0 Å². The number of aliphatic hydroxyl groups excluding tert-OH is 1. The molecule has 2 N–H and O–H groups in total. The number of aromatic nitrogens is 5. The predicted octanol–water partition coefficient (Wildman–Crippen LogP) is 1.92. The molecule has 3 rings (SSSR count). The Morgan fingerprint density at radius 1 is 1.50 bits per heavy atom. The van der Waals surface area contributed by atoms with Gasteiger partial charge in [-0.1, -0.05) is 19.1 Å². The van der Waals surface area contributed by atoms with Crippen LogP contribution in [0, 0.1) is 12.3 Å². The van der Waals surface area contributed by atoms with E-state index in [1.54, 1.807) is 0 Å². The van der Waals surface area contributed by atoms with Gasteiger partial charge in [-0.2, -0.15) is 5.21 Å². The SMILES string of the molecule is Cc1cc2c(n1C(C)c1nn[nH]n1)CC(C)(C)CC2O. The Balaban J connectivity index is 2.09. The Bertz CT molecular complexity index is 614. The van der Waals surface area contributed by atoms with Crippen LogP contribution >= 0.6 is 0 Å². The molecule has 0 radical (unpaired) electrons. The van der Waals surface area contributed by atoms with Crippen molar-refractivity contribution in [3.8, 4) is 0 Å². The molecule has 0 spiro atoms. The fourth-order valence-corrected chi connectivity index (χ4v) is 3.37. The zero-order valence-corrected chi connectivity index (χ0v) is 12.4. The summed E-state index contributed by atoms with van der Waals surface area (Å²) in [5.41, 5.74) is 3.48. The summed E-state index contributed by atoms with van der Waals surface area (Å²) in [7, 11) is 0. The number of nitrogens with zero attached hydrogens (tertiary/aromatic N) is 4. The van der Waals surface area contributed by atoms with Crippen LogP contribution < -0.4 is 0 Å². The number of rotatable bonds is 2. The lowest BCUT2D eigenvalue weighted by Gasteiger charge is -2.34. The number of aryl methyl sites for hydroxylation is 1. The summed E-state index contributed by atoms with van der Waals surface area (Å²) >= 11 is 0. The summed E-state index contributed by atoms with van der Waals surface area (Å²) in [5, 5.41) is 24.7. The van der Waals surface area contributed by atoms with Gasteiger partial charge in [-0.05, 0) is 38.2 Å². The summed E-state index contributed by atoms with van der Waals surface area (Å²) in [6.45, 7) is 8.52. The van der Waals surface area contributed by atoms with Crippen LogP contribution in [-0.4, -0.2) is 30.3 Å². The third-order valence-electron chi connectivity index (χ3n) is 4.24. The number of tetrazole rings is 1. The van der Waals surface area contributed by atoms with Crippen molar-refractivity contribution in [2.45, 2.75) is 52.7 Å². The van der Waals surface area contributed by atoms with E-state index in [0.29, 0.717) is 5.82 Å². The normalized spacial score (nSPS) is 22.6. The summed E-state index contributed by atoms with van der Waals surface area (Å²) < 4.78 is 2.23. The Hall–Kier alpha value is -1.69. The van der Waals surface area contributed by atoms with E-state index in [1.807, 2.05) is 0 Å². The summed E-state index contributed by atoms with van der Waals surface area (Å²) in [4.78, 5) is 0. The summed E-state index contributed by atoms with van der Waals surface area (Å²) in [6, 6.07) is 2.10. The van der Waals surface area contributed by atoms with E-state index < -0.39 is 0 Å². The molecule has 20 heavy (non-hydrogen) atoms. The van der Waals surface area contributed by atoms with Gasteiger partial charge in [0, 0.05) is 17.0 Å². The molecule has 0 aromatic carbocycles. The Labute approximate surface area is 118 Å². The van der Waals surface area contributed by atoms with Crippen molar-refractivity contribution >= 4 is 0 Å². The van der Waals surface area contributed by atoms with Gasteiger partial charge in [0.15, 0.2) is 5.82 Å². The summed E-state index contributed by atoms with van der Waals surface area (Å²) in [5.74, 6) is 0.671. The Morgan fingerprint density at radius 3 is 2.90 bits per heavy atom. The van der Waals surface area contributed by atoms with Gasteiger partial charge in [0.25, 0.3) is 0 Å². The van der Waals surface area contributed by atoms with Gasteiger partial charge in [-0.3, -0.25) is 0 Å². The van der Waals surface area contributed by atoms with E-state index in [1.165, 1.54) is 5.69 Å². The first-order chi connectivity index (χ1) is 9.39. The van der Waals surface area contributed by atoms with Gasteiger partial charge in [0.2, 0.25) is 0 Å². The molecule has 2 aromatic rings. The number of H-pyrrole nitrogens is 1. The van der Waals surface area contributed by atoms with Crippen LogP contribution in [0.1, 0.15) is 62.1 Å². The van der Waals surface area contributed by atoms with Crippen LogP contribution in [-0.2, 0) is 6.42 Å². The highest BCUT2D eigenvalue weighted by Gasteiger charge is 2.35. The monoisotopic (exact) mass is 275 g/mol. The first kappa shape index (κ1) is 13.3. The molecule has 6 heteroatoms. The molecule has 6 nitrogen and oxygen atoms in total. The standard InChI is InChI=1S/C14H21N5O/c1-8-5-10-11(6-14(3,4)7-12(10)20)19(8)9(2)13-15-17-18-16-13/h5,9,12,20H,6-7H2,1-4H3,(H,15,16,17,18). The second-order valence-corrected chi connectivity index (χ2v) is 6.56. The molecular formula is C14H21N5O. The van der Waals surface area contributed by atoms with E-state index in [-0.39, 0.29) is 17.6 Å². The minimum Gasteiger partial charge on any atom is -0.388 e. The third-order valence-corrected chi connectivity index (χ3v) is 4.24. The first-order valence-electron chi connectivity index (χ1n) is 7.01. The van der Waals surface area contributed by atoms with E-state index in [0.717, 1.165) is 24.1 Å². The number of hydrogen-bond donors (Lipinski definition) is 2. The first-order valence-corrected chi connectivity index (χ1v) is 7.01. The molecule has 1 aliphatic carbocycles.